The van der Waals surface area contributed by atoms with Gasteiger partial charge in [-0.25, -0.2) is 9.37 Å². The SMILES string of the molecule is CCn1c(SCc2csc(-c3ccccc3)n2)nnc1C(C)Oc1ccc(F)cc1Cl. The Kier molecular flexibility index (Phi) is 6.89. The van der Waals surface area contributed by atoms with Crippen LogP contribution in [0.1, 0.15) is 31.5 Å². The van der Waals surface area contributed by atoms with Crippen molar-refractivity contribution in [2.75, 3.05) is 0 Å². The van der Waals surface area contributed by atoms with E-state index >= 15 is 0 Å². The van der Waals surface area contributed by atoms with Crippen LogP contribution in [0.15, 0.2) is 59.1 Å². The maximum Gasteiger partial charge on any atom is 0.191 e. The maximum atomic E-state index is 13.3. The van der Waals surface area contributed by atoms with Crippen molar-refractivity contribution in [2.45, 2.75) is 37.4 Å². The fourth-order valence-electron chi connectivity index (χ4n) is 3.04. The molecule has 2 heterocycles. The number of ether oxygens (including phenoxy) is 1. The number of rotatable bonds is 8. The molecule has 2 aromatic carbocycles. The van der Waals surface area contributed by atoms with Crippen molar-refractivity contribution in [3.8, 4) is 16.3 Å². The van der Waals surface area contributed by atoms with Gasteiger partial charge in [0.05, 0.1) is 10.7 Å². The lowest BCUT2D eigenvalue weighted by Gasteiger charge is -2.16. The second kappa shape index (κ2) is 9.80. The van der Waals surface area contributed by atoms with Crippen molar-refractivity contribution in [2.24, 2.45) is 0 Å². The van der Waals surface area contributed by atoms with Crippen LogP contribution < -0.4 is 4.74 Å². The molecule has 0 aliphatic rings. The number of halogens is 2. The quantitative estimate of drug-likeness (QED) is 0.268. The highest BCUT2D eigenvalue weighted by Gasteiger charge is 2.20. The Bertz CT molecular complexity index is 1170. The van der Waals surface area contributed by atoms with Crippen LogP contribution in [0.5, 0.6) is 5.75 Å². The minimum atomic E-state index is -0.405. The molecule has 0 saturated carbocycles. The molecule has 0 saturated heterocycles. The normalized spacial score (nSPS) is 12.1. The van der Waals surface area contributed by atoms with Gasteiger partial charge in [0.25, 0.3) is 0 Å². The zero-order chi connectivity index (χ0) is 21.8. The summed E-state index contributed by atoms with van der Waals surface area (Å²) in [5.74, 6) is 1.39. The first-order chi connectivity index (χ1) is 15.0. The van der Waals surface area contributed by atoms with Crippen molar-refractivity contribution in [1.82, 2.24) is 19.7 Å². The molecule has 1 atom stereocenters. The van der Waals surface area contributed by atoms with E-state index in [0.29, 0.717) is 23.9 Å². The fraction of sp³-hybridized carbons (Fsp3) is 0.227. The first-order valence-electron chi connectivity index (χ1n) is 9.72. The van der Waals surface area contributed by atoms with Gasteiger partial charge in [0.2, 0.25) is 0 Å². The van der Waals surface area contributed by atoms with E-state index in [1.54, 1.807) is 23.1 Å². The molecule has 0 amide bonds. The topological polar surface area (TPSA) is 52.8 Å². The molecular weight excluding hydrogens is 455 g/mol. The molecule has 9 heteroatoms. The molecule has 0 bridgehead atoms. The Morgan fingerprint density at radius 1 is 1.19 bits per heavy atom. The third-order valence-electron chi connectivity index (χ3n) is 4.54. The highest BCUT2D eigenvalue weighted by Crippen LogP contribution is 2.31. The first kappa shape index (κ1) is 21.8. The summed E-state index contributed by atoms with van der Waals surface area (Å²) >= 11 is 9.31. The van der Waals surface area contributed by atoms with Gasteiger partial charge >= 0.3 is 0 Å². The summed E-state index contributed by atoms with van der Waals surface area (Å²) in [6.07, 6.45) is -0.395. The summed E-state index contributed by atoms with van der Waals surface area (Å²) in [5.41, 5.74) is 2.12. The predicted molar refractivity (Wildman–Crippen MR) is 123 cm³/mol. The third-order valence-corrected chi connectivity index (χ3v) is 6.78. The van der Waals surface area contributed by atoms with Crippen molar-refractivity contribution < 1.29 is 9.13 Å². The van der Waals surface area contributed by atoms with Gasteiger partial charge in [0.15, 0.2) is 17.1 Å². The highest BCUT2D eigenvalue weighted by molar-refractivity contribution is 7.98. The number of thiazole rings is 1. The van der Waals surface area contributed by atoms with Gasteiger partial charge in [0.1, 0.15) is 16.6 Å². The lowest BCUT2D eigenvalue weighted by molar-refractivity contribution is 0.210. The monoisotopic (exact) mass is 474 g/mol. The van der Waals surface area contributed by atoms with E-state index in [1.807, 2.05) is 36.6 Å². The van der Waals surface area contributed by atoms with Crippen molar-refractivity contribution >= 4 is 34.7 Å². The van der Waals surface area contributed by atoms with E-state index in [2.05, 4.69) is 27.7 Å². The molecule has 0 radical (unpaired) electrons. The zero-order valence-corrected chi connectivity index (χ0v) is 19.3. The van der Waals surface area contributed by atoms with Crippen molar-refractivity contribution in [3.05, 3.63) is 76.3 Å². The van der Waals surface area contributed by atoms with Crippen LogP contribution in [0.4, 0.5) is 4.39 Å². The second-order valence-corrected chi connectivity index (χ2v) is 8.93. The van der Waals surface area contributed by atoms with E-state index < -0.39 is 11.9 Å². The van der Waals surface area contributed by atoms with Gasteiger partial charge in [-0.2, -0.15) is 0 Å². The second-order valence-electron chi connectivity index (χ2n) is 6.72. The average molecular weight is 475 g/mol. The molecule has 5 nitrogen and oxygen atoms in total. The van der Waals surface area contributed by atoms with Crippen molar-refractivity contribution in [3.63, 3.8) is 0 Å². The molecule has 4 aromatic rings. The number of hydrogen-bond donors (Lipinski definition) is 0. The largest absolute Gasteiger partial charge is 0.481 e. The Morgan fingerprint density at radius 3 is 2.74 bits per heavy atom. The molecule has 0 N–H and O–H groups in total. The van der Waals surface area contributed by atoms with Gasteiger partial charge < -0.3 is 9.30 Å². The molecule has 160 valence electrons. The average Bonchev–Trinajstić information content (AvgIpc) is 3.41. The van der Waals surface area contributed by atoms with Crippen LogP contribution in [0.25, 0.3) is 10.6 Å². The molecule has 0 aliphatic carbocycles. The lowest BCUT2D eigenvalue weighted by atomic mass is 10.2. The Balaban J connectivity index is 1.45. The van der Waals surface area contributed by atoms with Gasteiger partial charge in [-0.1, -0.05) is 53.7 Å². The molecule has 31 heavy (non-hydrogen) atoms. The van der Waals surface area contributed by atoms with E-state index in [-0.39, 0.29) is 5.02 Å². The van der Waals surface area contributed by atoms with Crippen LogP contribution >= 0.6 is 34.7 Å². The number of benzene rings is 2. The Morgan fingerprint density at radius 2 is 2.00 bits per heavy atom. The van der Waals surface area contributed by atoms with Gasteiger partial charge in [-0.05, 0) is 32.0 Å². The van der Waals surface area contributed by atoms with Gasteiger partial charge in [0, 0.05) is 23.2 Å². The fourth-order valence-corrected chi connectivity index (χ4v) is 5.09. The minimum absolute atomic E-state index is 0.224. The van der Waals surface area contributed by atoms with Crippen LogP contribution in [0, 0.1) is 5.82 Å². The molecule has 0 aliphatic heterocycles. The molecule has 1 unspecified atom stereocenters. The maximum absolute atomic E-state index is 13.3. The number of nitrogens with zero attached hydrogens (tertiary/aromatic N) is 4. The van der Waals surface area contributed by atoms with E-state index in [0.717, 1.165) is 21.4 Å². The molecule has 0 spiro atoms. The van der Waals surface area contributed by atoms with Crippen LogP contribution in [0.3, 0.4) is 0 Å². The molecule has 4 rings (SSSR count). The predicted octanol–water partition coefficient (Wildman–Crippen LogP) is 6.65. The summed E-state index contributed by atoms with van der Waals surface area (Å²) in [6, 6.07) is 14.2. The zero-order valence-electron chi connectivity index (χ0n) is 17.0. The Hall–Kier alpha value is -2.42. The minimum Gasteiger partial charge on any atom is -0.481 e. The highest BCUT2D eigenvalue weighted by atomic mass is 35.5. The summed E-state index contributed by atoms with van der Waals surface area (Å²) in [7, 11) is 0. The summed E-state index contributed by atoms with van der Waals surface area (Å²) < 4.78 is 21.2. The smallest absolute Gasteiger partial charge is 0.191 e. The lowest BCUT2D eigenvalue weighted by Crippen LogP contribution is -2.12. The molecule has 2 aromatic heterocycles. The van der Waals surface area contributed by atoms with E-state index in [4.69, 9.17) is 21.3 Å². The number of aromatic nitrogens is 4. The first-order valence-corrected chi connectivity index (χ1v) is 12.0. The summed E-state index contributed by atoms with van der Waals surface area (Å²) in [4.78, 5) is 4.74. The van der Waals surface area contributed by atoms with Gasteiger partial charge in [-0.15, -0.1) is 21.5 Å². The number of hydrogen-bond acceptors (Lipinski definition) is 6. The van der Waals surface area contributed by atoms with Gasteiger partial charge in [-0.3, -0.25) is 0 Å². The Labute approximate surface area is 193 Å². The van der Waals surface area contributed by atoms with E-state index in [1.165, 1.54) is 18.2 Å². The molecule has 0 fully saturated rings. The van der Waals surface area contributed by atoms with Crippen LogP contribution in [-0.2, 0) is 12.3 Å². The van der Waals surface area contributed by atoms with Crippen molar-refractivity contribution in [1.29, 1.82) is 0 Å². The third kappa shape index (κ3) is 5.08. The van der Waals surface area contributed by atoms with Crippen LogP contribution in [-0.4, -0.2) is 19.7 Å². The van der Waals surface area contributed by atoms with Crippen LogP contribution in [0.2, 0.25) is 5.02 Å². The summed E-state index contributed by atoms with van der Waals surface area (Å²) in [5, 5.41) is 12.8. The van der Waals surface area contributed by atoms with E-state index in [9.17, 15) is 4.39 Å². The molecular formula is C22H20ClFN4OS2. The number of thioether (sulfide) groups is 1. The standard InChI is InChI=1S/C22H20ClFN4OS2/c1-3-28-20(14(2)29-19-10-9-16(24)11-18(19)23)26-27-22(28)31-13-17-12-30-21(25-17)15-7-5-4-6-8-15/h4-12,14H,3,13H2,1-2H3. The summed E-state index contributed by atoms with van der Waals surface area (Å²) in [6.45, 7) is 4.60.